The smallest absolute Gasteiger partial charge is 0.249 e. The summed E-state index contributed by atoms with van der Waals surface area (Å²) in [5.41, 5.74) is 9.04. The molecule has 2 N–H and O–H groups in total. The van der Waals surface area contributed by atoms with E-state index in [1.807, 2.05) is 47.4 Å². The van der Waals surface area contributed by atoms with E-state index >= 15 is 0 Å². The molecule has 0 radical (unpaired) electrons. The molecule has 0 unspecified atom stereocenters. The van der Waals surface area contributed by atoms with Crippen molar-refractivity contribution in [3.63, 3.8) is 0 Å². The molecule has 2 amide bonds. The first-order chi connectivity index (χ1) is 14.1. The highest BCUT2D eigenvalue weighted by Gasteiger charge is 2.19. The number of primary amides is 1. The van der Waals surface area contributed by atoms with E-state index in [9.17, 15) is 9.59 Å². The molecule has 6 nitrogen and oxygen atoms in total. The van der Waals surface area contributed by atoms with Crippen LogP contribution in [0.3, 0.4) is 0 Å². The maximum absolute atomic E-state index is 12.2. The van der Waals surface area contributed by atoms with Crippen LogP contribution in [0, 0.1) is 0 Å². The first-order valence-electron chi connectivity index (χ1n) is 10.1. The third kappa shape index (κ3) is 5.65. The van der Waals surface area contributed by atoms with Crippen molar-refractivity contribution in [1.29, 1.82) is 0 Å². The molecule has 6 heteroatoms. The van der Waals surface area contributed by atoms with Gasteiger partial charge in [0, 0.05) is 38.3 Å². The van der Waals surface area contributed by atoms with Gasteiger partial charge in [0.2, 0.25) is 11.8 Å². The van der Waals surface area contributed by atoms with E-state index in [0.717, 1.165) is 55.7 Å². The van der Waals surface area contributed by atoms with Crippen molar-refractivity contribution in [3.05, 3.63) is 59.7 Å². The molecule has 1 aliphatic rings. The third-order valence-corrected chi connectivity index (χ3v) is 5.29. The SMILES string of the molecule is CN1CCN(C(=O)COCCCc2cccc(C(N)=O)c2-c2ccccc2)CC1. The minimum absolute atomic E-state index is 0.0544. The standard InChI is InChI=1S/C23H29N3O3/c1-25-12-14-26(15-13-25)21(27)17-29-16-6-10-19-9-5-11-20(23(24)28)22(19)18-7-3-2-4-8-18/h2-5,7-9,11H,6,10,12-17H2,1H3,(H2,24,28). The maximum atomic E-state index is 12.2. The topological polar surface area (TPSA) is 75.9 Å². The van der Waals surface area contributed by atoms with Crippen LogP contribution in [-0.2, 0) is 16.0 Å². The van der Waals surface area contributed by atoms with Crippen LogP contribution in [0.15, 0.2) is 48.5 Å². The number of piperazine rings is 1. The van der Waals surface area contributed by atoms with E-state index in [1.165, 1.54) is 0 Å². The van der Waals surface area contributed by atoms with Crippen LogP contribution >= 0.6 is 0 Å². The number of rotatable bonds is 8. The number of carbonyl (C=O) groups is 2. The van der Waals surface area contributed by atoms with Crippen molar-refractivity contribution in [3.8, 4) is 11.1 Å². The molecule has 2 aromatic rings. The monoisotopic (exact) mass is 395 g/mol. The average Bonchev–Trinajstić information content (AvgIpc) is 2.74. The summed E-state index contributed by atoms with van der Waals surface area (Å²) in [6, 6.07) is 15.4. The number of carbonyl (C=O) groups excluding carboxylic acids is 2. The Morgan fingerprint density at radius 1 is 1.00 bits per heavy atom. The summed E-state index contributed by atoms with van der Waals surface area (Å²) >= 11 is 0. The Labute approximate surface area is 172 Å². The van der Waals surface area contributed by atoms with Gasteiger partial charge in [0.05, 0.1) is 0 Å². The number of amides is 2. The quantitative estimate of drug-likeness (QED) is 0.695. The minimum Gasteiger partial charge on any atom is -0.372 e. The highest BCUT2D eigenvalue weighted by Crippen LogP contribution is 2.28. The number of nitrogens with two attached hydrogens (primary N) is 1. The number of benzene rings is 2. The summed E-state index contributed by atoms with van der Waals surface area (Å²) in [6.45, 7) is 3.96. The summed E-state index contributed by atoms with van der Waals surface area (Å²) < 4.78 is 5.62. The number of hydrogen-bond acceptors (Lipinski definition) is 4. The fourth-order valence-corrected chi connectivity index (χ4v) is 3.63. The lowest BCUT2D eigenvalue weighted by molar-refractivity contribution is -0.137. The van der Waals surface area contributed by atoms with E-state index in [4.69, 9.17) is 10.5 Å². The second-order valence-corrected chi connectivity index (χ2v) is 7.41. The van der Waals surface area contributed by atoms with Crippen molar-refractivity contribution in [2.24, 2.45) is 5.73 Å². The van der Waals surface area contributed by atoms with Crippen molar-refractivity contribution >= 4 is 11.8 Å². The van der Waals surface area contributed by atoms with E-state index < -0.39 is 5.91 Å². The zero-order valence-corrected chi connectivity index (χ0v) is 17.0. The highest BCUT2D eigenvalue weighted by atomic mass is 16.5. The fourth-order valence-electron chi connectivity index (χ4n) is 3.63. The Morgan fingerprint density at radius 2 is 1.72 bits per heavy atom. The molecule has 0 aliphatic carbocycles. The molecule has 1 saturated heterocycles. The predicted molar refractivity (Wildman–Crippen MR) is 114 cm³/mol. The molecular formula is C23H29N3O3. The van der Waals surface area contributed by atoms with Crippen LogP contribution in [0.1, 0.15) is 22.3 Å². The Hall–Kier alpha value is -2.70. The van der Waals surface area contributed by atoms with Gasteiger partial charge in [-0.15, -0.1) is 0 Å². The Kier molecular flexibility index (Phi) is 7.38. The summed E-state index contributed by atoms with van der Waals surface area (Å²) in [5, 5.41) is 0. The first-order valence-corrected chi connectivity index (χ1v) is 10.1. The normalized spacial score (nSPS) is 14.7. The number of ether oxygens (including phenoxy) is 1. The third-order valence-electron chi connectivity index (χ3n) is 5.29. The van der Waals surface area contributed by atoms with E-state index in [2.05, 4.69) is 11.9 Å². The summed E-state index contributed by atoms with van der Waals surface area (Å²) in [6.07, 6.45) is 1.51. The summed E-state index contributed by atoms with van der Waals surface area (Å²) in [7, 11) is 2.06. The largest absolute Gasteiger partial charge is 0.372 e. The van der Waals surface area contributed by atoms with Crippen LogP contribution in [0.2, 0.25) is 0 Å². The van der Waals surface area contributed by atoms with E-state index in [-0.39, 0.29) is 12.5 Å². The number of aryl methyl sites for hydroxylation is 1. The van der Waals surface area contributed by atoms with Crippen LogP contribution in [0.25, 0.3) is 11.1 Å². The highest BCUT2D eigenvalue weighted by molar-refractivity contribution is 6.00. The Bertz CT molecular complexity index is 831. The van der Waals surface area contributed by atoms with Gasteiger partial charge in [0.25, 0.3) is 0 Å². The van der Waals surface area contributed by atoms with Gasteiger partial charge in [0.1, 0.15) is 6.61 Å². The van der Waals surface area contributed by atoms with Crippen molar-refractivity contribution in [1.82, 2.24) is 9.80 Å². The van der Waals surface area contributed by atoms with Crippen LogP contribution in [-0.4, -0.2) is 68.1 Å². The molecule has 29 heavy (non-hydrogen) atoms. The fraction of sp³-hybridized carbons (Fsp3) is 0.391. The van der Waals surface area contributed by atoms with Crippen LogP contribution < -0.4 is 5.73 Å². The Balaban J connectivity index is 1.55. The van der Waals surface area contributed by atoms with Gasteiger partial charge >= 0.3 is 0 Å². The van der Waals surface area contributed by atoms with Gasteiger partial charge in [-0.3, -0.25) is 9.59 Å². The van der Waals surface area contributed by atoms with E-state index in [0.29, 0.717) is 12.2 Å². The van der Waals surface area contributed by atoms with Gasteiger partial charge in [-0.2, -0.15) is 0 Å². The van der Waals surface area contributed by atoms with Crippen molar-refractivity contribution in [2.75, 3.05) is 46.4 Å². The van der Waals surface area contributed by atoms with Gasteiger partial charge < -0.3 is 20.3 Å². The van der Waals surface area contributed by atoms with Gasteiger partial charge in [-0.25, -0.2) is 0 Å². The van der Waals surface area contributed by atoms with Gasteiger partial charge in [-0.05, 0) is 42.6 Å². The predicted octanol–water partition coefficient (Wildman–Crippen LogP) is 2.18. The molecule has 0 saturated carbocycles. The number of nitrogens with zero attached hydrogens (tertiary/aromatic N) is 2. The molecule has 2 aromatic carbocycles. The molecule has 1 heterocycles. The van der Waals surface area contributed by atoms with Crippen LogP contribution in [0.4, 0.5) is 0 Å². The van der Waals surface area contributed by atoms with E-state index in [1.54, 1.807) is 6.07 Å². The molecule has 0 aromatic heterocycles. The first kappa shape index (κ1) is 21.0. The summed E-state index contributed by atoms with van der Waals surface area (Å²) in [4.78, 5) is 28.2. The molecule has 0 atom stereocenters. The van der Waals surface area contributed by atoms with Crippen molar-refractivity contribution in [2.45, 2.75) is 12.8 Å². The molecule has 0 spiro atoms. The molecule has 0 bridgehead atoms. The molecule has 154 valence electrons. The molecule has 1 fully saturated rings. The minimum atomic E-state index is -0.431. The van der Waals surface area contributed by atoms with Gasteiger partial charge in [0.15, 0.2) is 0 Å². The summed E-state index contributed by atoms with van der Waals surface area (Å²) in [5.74, 6) is -0.376. The maximum Gasteiger partial charge on any atom is 0.249 e. The lowest BCUT2D eigenvalue weighted by atomic mass is 9.92. The van der Waals surface area contributed by atoms with Crippen LogP contribution in [0.5, 0.6) is 0 Å². The molecule has 1 aliphatic heterocycles. The second-order valence-electron chi connectivity index (χ2n) is 7.41. The Morgan fingerprint density at radius 3 is 2.41 bits per heavy atom. The number of hydrogen-bond donors (Lipinski definition) is 1. The second kappa shape index (κ2) is 10.2. The lowest BCUT2D eigenvalue weighted by Crippen LogP contribution is -2.48. The lowest BCUT2D eigenvalue weighted by Gasteiger charge is -2.32. The molecule has 3 rings (SSSR count). The van der Waals surface area contributed by atoms with Gasteiger partial charge in [-0.1, -0.05) is 42.5 Å². The number of likely N-dealkylation sites (N-methyl/N-ethyl adjacent to an activating group) is 1. The zero-order chi connectivity index (χ0) is 20.6. The molecular weight excluding hydrogens is 366 g/mol. The van der Waals surface area contributed by atoms with Crippen molar-refractivity contribution < 1.29 is 14.3 Å². The average molecular weight is 396 g/mol. The zero-order valence-electron chi connectivity index (χ0n) is 17.0.